The Morgan fingerprint density at radius 3 is 2.71 bits per heavy atom. The number of carbonyl (C=O) groups is 1. The van der Waals surface area contributed by atoms with Gasteiger partial charge < -0.3 is 15.4 Å². The third kappa shape index (κ3) is 4.48. The van der Waals surface area contributed by atoms with E-state index in [0.717, 1.165) is 30.4 Å². The molecule has 9 heteroatoms. The zero-order valence-electron chi connectivity index (χ0n) is 20.4. The van der Waals surface area contributed by atoms with Crippen molar-refractivity contribution in [2.75, 3.05) is 18.8 Å². The monoisotopic (exact) mass is 473 g/mol. The summed E-state index contributed by atoms with van der Waals surface area (Å²) in [7, 11) is 0. The molecule has 2 aliphatic rings. The van der Waals surface area contributed by atoms with Crippen LogP contribution in [0.2, 0.25) is 0 Å². The molecule has 9 nitrogen and oxygen atoms in total. The number of nitrogen functional groups attached to an aromatic ring is 1. The van der Waals surface area contributed by atoms with Crippen LogP contribution in [0.5, 0.6) is 0 Å². The summed E-state index contributed by atoms with van der Waals surface area (Å²) in [5.74, 6) is 0.389. The Balaban J connectivity index is 1.29. The van der Waals surface area contributed by atoms with Crippen LogP contribution in [0.1, 0.15) is 57.2 Å². The molecule has 35 heavy (non-hydrogen) atoms. The van der Waals surface area contributed by atoms with E-state index in [1.165, 1.54) is 0 Å². The van der Waals surface area contributed by atoms with Gasteiger partial charge in [0, 0.05) is 24.8 Å². The van der Waals surface area contributed by atoms with Crippen LogP contribution in [0, 0.1) is 16.7 Å². The van der Waals surface area contributed by atoms with Crippen LogP contribution in [0.3, 0.4) is 0 Å². The van der Waals surface area contributed by atoms with Gasteiger partial charge in [0.05, 0.1) is 18.8 Å². The molecule has 0 bridgehead atoms. The van der Waals surface area contributed by atoms with Gasteiger partial charge in [0.1, 0.15) is 28.7 Å². The lowest BCUT2D eigenvalue weighted by Crippen LogP contribution is -2.43. The maximum atomic E-state index is 12.5. The van der Waals surface area contributed by atoms with Gasteiger partial charge in [-0.3, -0.25) is 4.68 Å². The summed E-state index contributed by atoms with van der Waals surface area (Å²) in [6.07, 6.45) is 6.06. The summed E-state index contributed by atoms with van der Waals surface area (Å²) in [6.45, 7) is 7.67. The molecule has 1 saturated heterocycles. The normalized spacial score (nSPS) is 21.7. The van der Waals surface area contributed by atoms with Crippen molar-refractivity contribution in [1.82, 2.24) is 24.5 Å². The quantitative estimate of drug-likeness (QED) is 0.607. The number of nitrogens with zero attached hydrogens (tertiary/aromatic N) is 6. The molecule has 2 fully saturated rings. The van der Waals surface area contributed by atoms with Crippen LogP contribution < -0.4 is 5.73 Å². The molecule has 1 saturated carbocycles. The second-order valence-electron chi connectivity index (χ2n) is 10.8. The number of nitrogens with two attached hydrogens (primary N) is 1. The zero-order valence-corrected chi connectivity index (χ0v) is 20.4. The van der Waals surface area contributed by atoms with E-state index < -0.39 is 5.60 Å². The molecular formula is C26H31N7O2. The van der Waals surface area contributed by atoms with Gasteiger partial charge in [-0.05, 0) is 51.0 Å². The highest BCUT2D eigenvalue weighted by Crippen LogP contribution is 2.54. The lowest BCUT2D eigenvalue weighted by atomic mass is 9.65. The first kappa shape index (κ1) is 23.0. The maximum Gasteiger partial charge on any atom is 0.410 e. The SMILES string of the molecule is CC(C)(C)OC(=O)N1CC[C@]2(C1)C[C@H](n1nc(-c3cnn(Cc4ccccc4)c3)c(C#N)c1N)C2. The number of hydrogen-bond acceptors (Lipinski definition) is 6. The predicted octanol–water partition coefficient (Wildman–Crippen LogP) is 4.21. The Labute approximate surface area is 205 Å². The Kier molecular flexibility index (Phi) is 5.55. The van der Waals surface area contributed by atoms with Crippen molar-refractivity contribution in [2.45, 2.75) is 58.2 Å². The third-order valence-electron chi connectivity index (χ3n) is 6.93. The Morgan fingerprint density at radius 1 is 1.29 bits per heavy atom. The minimum absolute atomic E-state index is 0.0630. The molecule has 1 aliphatic carbocycles. The molecule has 2 N–H and O–H groups in total. The van der Waals surface area contributed by atoms with E-state index in [9.17, 15) is 10.1 Å². The van der Waals surface area contributed by atoms with Crippen LogP contribution in [0.25, 0.3) is 11.3 Å². The molecule has 1 spiro atoms. The van der Waals surface area contributed by atoms with Gasteiger partial charge in [0.15, 0.2) is 0 Å². The summed E-state index contributed by atoms with van der Waals surface area (Å²) in [5.41, 5.74) is 8.81. The maximum absolute atomic E-state index is 12.5. The van der Waals surface area contributed by atoms with E-state index in [4.69, 9.17) is 15.6 Å². The first-order chi connectivity index (χ1) is 16.7. The molecule has 0 atom stereocenters. The first-order valence-corrected chi connectivity index (χ1v) is 12.0. The summed E-state index contributed by atoms with van der Waals surface area (Å²) in [4.78, 5) is 14.3. The van der Waals surface area contributed by atoms with E-state index in [1.807, 2.05) is 62.0 Å². The summed E-state index contributed by atoms with van der Waals surface area (Å²) >= 11 is 0. The number of hydrogen-bond donors (Lipinski definition) is 1. The average molecular weight is 474 g/mol. The highest BCUT2D eigenvalue weighted by atomic mass is 16.6. The predicted molar refractivity (Wildman–Crippen MR) is 131 cm³/mol. The lowest BCUT2D eigenvalue weighted by molar-refractivity contribution is 0.0188. The number of anilines is 1. The van der Waals surface area contributed by atoms with Crippen molar-refractivity contribution in [3.8, 4) is 17.3 Å². The molecule has 3 heterocycles. The standard InChI is InChI=1S/C26H31N7O2/c1-25(2,3)35-24(34)31-10-9-26(17-31)11-20(12-26)33-23(28)21(13-27)22(30-33)19-14-29-32(16-19)15-18-7-5-4-6-8-18/h4-8,14,16,20H,9-12,15,17,28H2,1-3H3/t20-,26-. The second kappa shape index (κ2) is 8.45. The number of aromatic nitrogens is 4. The smallest absolute Gasteiger partial charge is 0.410 e. The fraction of sp³-hybridized carbons (Fsp3) is 0.462. The van der Waals surface area contributed by atoms with Gasteiger partial charge in [-0.1, -0.05) is 30.3 Å². The number of carbonyl (C=O) groups excluding carboxylic acids is 1. The van der Waals surface area contributed by atoms with E-state index in [1.54, 1.807) is 15.8 Å². The van der Waals surface area contributed by atoms with Gasteiger partial charge >= 0.3 is 6.09 Å². The van der Waals surface area contributed by atoms with E-state index in [-0.39, 0.29) is 17.6 Å². The molecule has 2 aromatic heterocycles. The number of amides is 1. The molecule has 1 amide bonds. The summed E-state index contributed by atoms with van der Waals surface area (Å²) in [5, 5.41) is 19.0. The largest absolute Gasteiger partial charge is 0.444 e. The highest BCUT2D eigenvalue weighted by molar-refractivity contribution is 5.72. The number of nitriles is 1. The minimum Gasteiger partial charge on any atom is -0.444 e. The summed E-state index contributed by atoms with van der Waals surface area (Å²) < 4.78 is 9.17. The summed E-state index contributed by atoms with van der Waals surface area (Å²) in [6, 6.07) is 12.4. The molecule has 5 rings (SSSR count). The van der Waals surface area contributed by atoms with Crippen molar-refractivity contribution < 1.29 is 9.53 Å². The van der Waals surface area contributed by atoms with Crippen molar-refractivity contribution in [1.29, 1.82) is 5.26 Å². The Morgan fingerprint density at radius 2 is 2.03 bits per heavy atom. The van der Waals surface area contributed by atoms with Crippen molar-refractivity contribution in [2.24, 2.45) is 5.41 Å². The zero-order chi connectivity index (χ0) is 24.8. The first-order valence-electron chi connectivity index (χ1n) is 12.0. The van der Waals surface area contributed by atoms with Crippen molar-refractivity contribution in [3.63, 3.8) is 0 Å². The van der Waals surface area contributed by atoms with Gasteiger partial charge in [-0.2, -0.15) is 15.5 Å². The molecule has 1 aliphatic heterocycles. The molecular weight excluding hydrogens is 442 g/mol. The Bertz CT molecular complexity index is 1270. The lowest BCUT2D eigenvalue weighted by Gasteiger charge is -2.45. The average Bonchev–Trinajstić information content (AvgIpc) is 3.49. The molecule has 0 radical (unpaired) electrons. The van der Waals surface area contributed by atoms with Crippen molar-refractivity contribution >= 4 is 11.9 Å². The molecule has 182 valence electrons. The molecule has 1 aromatic carbocycles. The van der Waals surface area contributed by atoms with Gasteiger partial charge in [-0.25, -0.2) is 9.48 Å². The number of ether oxygens (including phenoxy) is 1. The van der Waals surface area contributed by atoms with E-state index in [2.05, 4.69) is 11.2 Å². The van der Waals surface area contributed by atoms with Crippen LogP contribution >= 0.6 is 0 Å². The number of benzene rings is 1. The fourth-order valence-electron chi connectivity index (χ4n) is 5.24. The van der Waals surface area contributed by atoms with Crippen LogP contribution in [0.4, 0.5) is 10.6 Å². The van der Waals surface area contributed by atoms with Gasteiger partial charge in [0.25, 0.3) is 0 Å². The highest BCUT2D eigenvalue weighted by Gasteiger charge is 2.51. The second-order valence-corrected chi connectivity index (χ2v) is 10.8. The fourth-order valence-corrected chi connectivity index (χ4v) is 5.24. The molecule has 3 aromatic rings. The van der Waals surface area contributed by atoms with Crippen LogP contribution in [-0.4, -0.2) is 49.2 Å². The van der Waals surface area contributed by atoms with E-state index in [0.29, 0.717) is 36.7 Å². The van der Waals surface area contributed by atoms with Gasteiger partial charge in [0.2, 0.25) is 0 Å². The van der Waals surface area contributed by atoms with Crippen molar-refractivity contribution in [3.05, 3.63) is 53.9 Å². The van der Waals surface area contributed by atoms with E-state index >= 15 is 0 Å². The molecule has 0 unspecified atom stereocenters. The van der Waals surface area contributed by atoms with Crippen LogP contribution in [0.15, 0.2) is 42.7 Å². The minimum atomic E-state index is -0.502. The number of rotatable bonds is 4. The Hall–Kier alpha value is -3.80. The van der Waals surface area contributed by atoms with Crippen LogP contribution in [-0.2, 0) is 11.3 Å². The number of likely N-dealkylation sites (tertiary alicyclic amines) is 1. The van der Waals surface area contributed by atoms with Gasteiger partial charge in [-0.15, -0.1) is 0 Å². The third-order valence-corrected chi connectivity index (χ3v) is 6.93. The topological polar surface area (TPSA) is 115 Å².